The predicted molar refractivity (Wildman–Crippen MR) is 123 cm³/mol. The number of nitrogens with one attached hydrogen (secondary N) is 1. The predicted octanol–water partition coefficient (Wildman–Crippen LogP) is 5.16. The molecule has 3 aromatic carbocycles. The van der Waals surface area contributed by atoms with Gasteiger partial charge in [-0.25, -0.2) is 9.29 Å². The number of imide groups is 1. The summed E-state index contributed by atoms with van der Waals surface area (Å²) >= 11 is 0. The third-order valence-corrected chi connectivity index (χ3v) is 5.58. The zero-order valence-corrected chi connectivity index (χ0v) is 18.3. The number of halogens is 1. The highest BCUT2D eigenvalue weighted by Crippen LogP contribution is 2.36. The number of carbonyl (C=O) groups excluding carboxylic acids is 2. The van der Waals surface area contributed by atoms with Gasteiger partial charge in [0.25, 0.3) is 11.8 Å². The molecule has 0 atom stereocenters. The molecule has 1 N–H and O–H groups in total. The molecule has 4 rings (SSSR count). The second-order valence-electron chi connectivity index (χ2n) is 7.80. The van der Waals surface area contributed by atoms with Crippen LogP contribution in [0.2, 0.25) is 0 Å². The Kier molecular flexibility index (Phi) is 5.53. The molecule has 162 valence electrons. The maximum Gasteiger partial charge on any atom is 0.282 e. The van der Waals surface area contributed by atoms with Crippen molar-refractivity contribution in [3.05, 3.63) is 94.4 Å². The van der Waals surface area contributed by atoms with Gasteiger partial charge >= 0.3 is 0 Å². The summed E-state index contributed by atoms with van der Waals surface area (Å²) in [4.78, 5) is 28.2. The van der Waals surface area contributed by atoms with E-state index in [9.17, 15) is 14.0 Å². The first-order valence-corrected chi connectivity index (χ1v) is 10.2. The van der Waals surface area contributed by atoms with Crippen molar-refractivity contribution in [2.24, 2.45) is 0 Å². The SMILES string of the molecule is COc1ccc(C)cc1NC1=C(c2ccc(F)cc2)C(=O)N(c2ccc(C)c(C)c2)C1=O. The van der Waals surface area contributed by atoms with E-state index in [-0.39, 0.29) is 11.3 Å². The van der Waals surface area contributed by atoms with Crippen molar-refractivity contribution in [1.29, 1.82) is 0 Å². The van der Waals surface area contributed by atoms with Crippen molar-refractivity contribution in [3.8, 4) is 5.75 Å². The molecule has 1 aliphatic heterocycles. The van der Waals surface area contributed by atoms with E-state index in [0.717, 1.165) is 21.6 Å². The van der Waals surface area contributed by atoms with Crippen LogP contribution in [0.15, 0.2) is 66.4 Å². The number of hydrogen-bond donors (Lipinski definition) is 1. The molecule has 0 unspecified atom stereocenters. The second-order valence-corrected chi connectivity index (χ2v) is 7.80. The number of nitrogens with zero attached hydrogens (tertiary/aromatic N) is 1. The van der Waals surface area contributed by atoms with Crippen LogP contribution in [0.1, 0.15) is 22.3 Å². The lowest BCUT2D eigenvalue weighted by Crippen LogP contribution is -2.32. The number of carbonyl (C=O) groups is 2. The Morgan fingerprint density at radius 3 is 2.22 bits per heavy atom. The summed E-state index contributed by atoms with van der Waals surface area (Å²) in [5.74, 6) is -0.849. The lowest BCUT2D eigenvalue weighted by Gasteiger charge is -2.17. The average molecular weight is 430 g/mol. The first-order chi connectivity index (χ1) is 15.3. The fraction of sp³-hybridized carbons (Fsp3) is 0.154. The molecule has 5 nitrogen and oxygen atoms in total. The van der Waals surface area contributed by atoms with Crippen molar-refractivity contribution < 1.29 is 18.7 Å². The molecule has 0 bridgehead atoms. The zero-order chi connectivity index (χ0) is 23.0. The van der Waals surface area contributed by atoms with Crippen LogP contribution in [0.3, 0.4) is 0 Å². The summed E-state index contributed by atoms with van der Waals surface area (Å²) < 4.78 is 19.0. The Hall–Kier alpha value is -3.93. The molecule has 0 radical (unpaired) electrons. The van der Waals surface area contributed by atoms with Crippen LogP contribution < -0.4 is 15.0 Å². The number of anilines is 2. The minimum absolute atomic E-state index is 0.115. The van der Waals surface area contributed by atoms with Crippen LogP contribution in [0.4, 0.5) is 15.8 Å². The number of amides is 2. The van der Waals surface area contributed by atoms with Gasteiger partial charge in [0.15, 0.2) is 0 Å². The van der Waals surface area contributed by atoms with Crippen molar-refractivity contribution in [3.63, 3.8) is 0 Å². The second kappa shape index (κ2) is 8.30. The van der Waals surface area contributed by atoms with Crippen LogP contribution in [0.25, 0.3) is 5.57 Å². The van der Waals surface area contributed by atoms with Gasteiger partial charge in [0.2, 0.25) is 0 Å². The molecule has 0 spiro atoms. The van der Waals surface area contributed by atoms with E-state index in [1.54, 1.807) is 12.1 Å². The highest BCUT2D eigenvalue weighted by Gasteiger charge is 2.40. The van der Waals surface area contributed by atoms with Gasteiger partial charge in [0, 0.05) is 0 Å². The van der Waals surface area contributed by atoms with E-state index >= 15 is 0 Å². The normalized spacial score (nSPS) is 13.7. The molecule has 2 amide bonds. The van der Waals surface area contributed by atoms with Crippen molar-refractivity contribution in [2.45, 2.75) is 20.8 Å². The number of methoxy groups -OCH3 is 1. The molecule has 1 heterocycles. The molecule has 0 fully saturated rings. The summed E-state index contributed by atoms with van der Waals surface area (Å²) in [5.41, 5.74) is 4.77. The third-order valence-electron chi connectivity index (χ3n) is 5.58. The topological polar surface area (TPSA) is 58.6 Å². The molecule has 0 aromatic heterocycles. The Labute approximate surface area is 186 Å². The summed E-state index contributed by atoms with van der Waals surface area (Å²) in [5, 5.41) is 3.12. The fourth-order valence-corrected chi connectivity index (χ4v) is 3.68. The van der Waals surface area contributed by atoms with Gasteiger partial charge in [0.1, 0.15) is 17.3 Å². The van der Waals surface area contributed by atoms with Crippen molar-refractivity contribution in [1.82, 2.24) is 0 Å². The Balaban J connectivity index is 1.86. The van der Waals surface area contributed by atoms with E-state index in [4.69, 9.17) is 4.74 Å². The molecule has 0 saturated heterocycles. The molecule has 0 saturated carbocycles. The van der Waals surface area contributed by atoms with E-state index in [0.29, 0.717) is 22.7 Å². The van der Waals surface area contributed by atoms with Gasteiger partial charge in [-0.2, -0.15) is 0 Å². The Morgan fingerprint density at radius 2 is 1.56 bits per heavy atom. The summed E-state index contributed by atoms with van der Waals surface area (Å²) in [6.45, 7) is 5.81. The number of hydrogen-bond acceptors (Lipinski definition) is 4. The van der Waals surface area contributed by atoms with E-state index in [1.807, 2.05) is 45.0 Å². The monoisotopic (exact) mass is 430 g/mol. The van der Waals surface area contributed by atoms with Gasteiger partial charge in [-0.3, -0.25) is 9.59 Å². The van der Waals surface area contributed by atoms with Crippen LogP contribution in [0.5, 0.6) is 5.75 Å². The summed E-state index contributed by atoms with van der Waals surface area (Å²) in [7, 11) is 1.54. The van der Waals surface area contributed by atoms with Gasteiger partial charge < -0.3 is 10.1 Å². The first kappa shape index (κ1) is 21.3. The van der Waals surface area contributed by atoms with Gasteiger partial charge in [0.05, 0.1) is 24.1 Å². The van der Waals surface area contributed by atoms with Crippen LogP contribution >= 0.6 is 0 Å². The lowest BCUT2D eigenvalue weighted by molar-refractivity contribution is -0.120. The number of rotatable bonds is 5. The van der Waals surface area contributed by atoms with E-state index in [1.165, 1.54) is 31.4 Å². The summed E-state index contributed by atoms with van der Waals surface area (Å²) in [6, 6.07) is 16.5. The maximum atomic E-state index is 13.5. The Bertz CT molecular complexity index is 1260. The number of ether oxygens (including phenoxy) is 1. The largest absolute Gasteiger partial charge is 0.495 e. The smallest absolute Gasteiger partial charge is 0.282 e. The maximum absolute atomic E-state index is 13.5. The van der Waals surface area contributed by atoms with E-state index in [2.05, 4.69) is 5.32 Å². The molecule has 0 aliphatic carbocycles. The minimum Gasteiger partial charge on any atom is -0.495 e. The minimum atomic E-state index is -0.485. The van der Waals surface area contributed by atoms with Crippen LogP contribution in [-0.2, 0) is 9.59 Å². The number of aryl methyl sites for hydroxylation is 3. The highest BCUT2D eigenvalue weighted by molar-refractivity contribution is 6.46. The van der Waals surface area contributed by atoms with Crippen molar-refractivity contribution >= 4 is 28.8 Å². The molecular weight excluding hydrogens is 407 g/mol. The quantitative estimate of drug-likeness (QED) is 0.569. The lowest BCUT2D eigenvalue weighted by atomic mass is 10.0. The molecular formula is C26H23FN2O3. The molecule has 1 aliphatic rings. The highest BCUT2D eigenvalue weighted by atomic mass is 19.1. The molecule has 32 heavy (non-hydrogen) atoms. The average Bonchev–Trinajstić information content (AvgIpc) is 3.00. The first-order valence-electron chi connectivity index (χ1n) is 10.2. The fourth-order valence-electron chi connectivity index (χ4n) is 3.68. The van der Waals surface area contributed by atoms with Gasteiger partial charge in [-0.1, -0.05) is 24.3 Å². The van der Waals surface area contributed by atoms with Crippen molar-refractivity contribution in [2.75, 3.05) is 17.3 Å². The molecule has 6 heteroatoms. The number of benzene rings is 3. The standard InChI is InChI=1S/C26H23FN2O3/c1-15-5-12-22(32-4)21(13-15)28-24-23(18-7-9-19(27)10-8-18)25(30)29(26(24)31)20-11-6-16(2)17(3)14-20/h5-14,28H,1-4H3. The summed E-state index contributed by atoms with van der Waals surface area (Å²) in [6.07, 6.45) is 0. The van der Waals surface area contributed by atoms with Gasteiger partial charge in [-0.15, -0.1) is 0 Å². The Morgan fingerprint density at radius 1 is 0.844 bits per heavy atom. The molecule has 3 aromatic rings. The van der Waals surface area contributed by atoms with E-state index < -0.39 is 17.6 Å². The van der Waals surface area contributed by atoms with Crippen LogP contribution in [0, 0.1) is 26.6 Å². The third kappa shape index (κ3) is 3.75. The van der Waals surface area contributed by atoms with Crippen LogP contribution in [-0.4, -0.2) is 18.9 Å². The van der Waals surface area contributed by atoms with Gasteiger partial charge in [-0.05, 0) is 79.4 Å². The zero-order valence-electron chi connectivity index (χ0n) is 18.3.